The maximum absolute atomic E-state index is 9.61. The van der Waals surface area contributed by atoms with E-state index in [0.29, 0.717) is 35.3 Å². The van der Waals surface area contributed by atoms with Crippen LogP contribution in [0.25, 0.3) is 22.9 Å². The van der Waals surface area contributed by atoms with Crippen molar-refractivity contribution in [3.05, 3.63) is 89.0 Å². The molecular weight excluding hydrogens is 500 g/mol. The highest BCUT2D eigenvalue weighted by Crippen LogP contribution is 2.45. The molecule has 1 spiro atoms. The molecule has 1 aliphatic heterocycles. The number of nitriles is 1. The summed E-state index contributed by atoms with van der Waals surface area (Å²) in [6.07, 6.45) is 2.93. The van der Waals surface area contributed by atoms with E-state index in [1.165, 1.54) is 16.7 Å². The van der Waals surface area contributed by atoms with Crippen LogP contribution in [0.1, 0.15) is 56.4 Å². The molecule has 0 amide bonds. The number of fused-ring (bicyclic) bond motifs is 1. The highest BCUT2D eigenvalue weighted by molar-refractivity contribution is 5.63. The minimum Gasteiger partial charge on any atom is -0.490 e. The molecule has 1 atom stereocenters. The van der Waals surface area contributed by atoms with Gasteiger partial charge >= 0.3 is 0 Å². The Hall–Kier alpha value is -3.99. The predicted octanol–water partition coefficient (Wildman–Crippen LogP) is 6.56. The molecule has 1 fully saturated rings. The van der Waals surface area contributed by atoms with E-state index in [1.54, 1.807) is 12.1 Å². The van der Waals surface area contributed by atoms with Crippen LogP contribution in [0.4, 0.5) is 0 Å². The molecule has 0 unspecified atom stereocenters. The first kappa shape index (κ1) is 26.2. The fourth-order valence-electron chi connectivity index (χ4n) is 6.06. The molecule has 0 radical (unpaired) electrons. The van der Waals surface area contributed by atoms with Gasteiger partial charge in [0, 0.05) is 17.7 Å². The van der Waals surface area contributed by atoms with E-state index in [1.807, 2.05) is 19.9 Å². The van der Waals surface area contributed by atoms with Gasteiger partial charge in [0.1, 0.15) is 17.5 Å². The molecule has 7 nitrogen and oxygen atoms in total. The molecule has 4 aromatic rings. The SMILES string of the molecule is CC(C)Oc1ccc(-c2nnc(-c3ccc4c(c3)C[C@@]3(CC4)COC(C)(C)N3Cc3ccccc3)o2)cc1C#N. The third-order valence-electron chi connectivity index (χ3n) is 8.07. The number of rotatable bonds is 6. The van der Waals surface area contributed by atoms with E-state index in [4.69, 9.17) is 13.9 Å². The van der Waals surface area contributed by atoms with Crippen LogP contribution in [0.3, 0.4) is 0 Å². The summed E-state index contributed by atoms with van der Waals surface area (Å²) in [5, 5.41) is 18.3. The van der Waals surface area contributed by atoms with Gasteiger partial charge in [-0.05, 0) is 94.0 Å². The Kier molecular flexibility index (Phi) is 6.69. The quantitative estimate of drug-likeness (QED) is 0.277. The van der Waals surface area contributed by atoms with Crippen molar-refractivity contribution in [1.29, 1.82) is 5.26 Å². The Morgan fingerprint density at radius 1 is 0.975 bits per heavy atom. The molecule has 3 aromatic carbocycles. The Bertz CT molecular complexity index is 1570. The van der Waals surface area contributed by atoms with Crippen LogP contribution in [0.2, 0.25) is 0 Å². The van der Waals surface area contributed by atoms with Crippen molar-refractivity contribution in [2.45, 2.75) is 70.9 Å². The van der Waals surface area contributed by atoms with E-state index < -0.39 is 0 Å². The second-order valence-electron chi connectivity index (χ2n) is 11.6. The van der Waals surface area contributed by atoms with E-state index in [9.17, 15) is 5.26 Å². The summed E-state index contributed by atoms with van der Waals surface area (Å²) in [5.74, 6) is 1.38. The molecule has 0 bridgehead atoms. The molecule has 6 rings (SSSR count). The van der Waals surface area contributed by atoms with Gasteiger partial charge in [0.05, 0.1) is 23.8 Å². The number of aryl methyl sites for hydroxylation is 1. The topological polar surface area (TPSA) is 84.4 Å². The monoisotopic (exact) mass is 534 g/mol. The molecule has 1 aliphatic carbocycles. The molecular formula is C33H34N4O3. The van der Waals surface area contributed by atoms with Crippen molar-refractivity contribution in [3.8, 4) is 34.7 Å². The van der Waals surface area contributed by atoms with Crippen molar-refractivity contribution >= 4 is 0 Å². The van der Waals surface area contributed by atoms with Crippen molar-refractivity contribution in [2.75, 3.05) is 6.61 Å². The van der Waals surface area contributed by atoms with Gasteiger partial charge in [-0.3, -0.25) is 4.90 Å². The van der Waals surface area contributed by atoms with Crippen LogP contribution < -0.4 is 4.74 Å². The van der Waals surface area contributed by atoms with Crippen LogP contribution in [0.15, 0.2) is 71.1 Å². The fourth-order valence-corrected chi connectivity index (χ4v) is 6.06. The van der Waals surface area contributed by atoms with Gasteiger partial charge in [0.15, 0.2) is 0 Å². The molecule has 0 saturated carbocycles. The fraction of sp³-hybridized carbons (Fsp3) is 0.364. The molecule has 40 heavy (non-hydrogen) atoms. The maximum atomic E-state index is 9.61. The van der Waals surface area contributed by atoms with E-state index in [-0.39, 0.29) is 17.4 Å². The zero-order valence-electron chi connectivity index (χ0n) is 23.5. The van der Waals surface area contributed by atoms with Gasteiger partial charge in [-0.15, -0.1) is 10.2 Å². The van der Waals surface area contributed by atoms with Crippen molar-refractivity contribution < 1.29 is 13.9 Å². The molecule has 204 valence electrons. The highest BCUT2D eigenvalue weighted by Gasteiger charge is 2.52. The summed E-state index contributed by atoms with van der Waals surface area (Å²) in [6, 6.07) is 24.6. The lowest BCUT2D eigenvalue weighted by Crippen LogP contribution is -2.54. The number of hydrogen-bond donors (Lipinski definition) is 0. The zero-order valence-corrected chi connectivity index (χ0v) is 23.5. The van der Waals surface area contributed by atoms with Gasteiger partial charge in [-0.1, -0.05) is 36.4 Å². The van der Waals surface area contributed by atoms with Crippen LogP contribution in [-0.4, -0.2) is 39.1 Å². The van der Waals surface area contributed by atoms with Crippen molar-refractivity contribution in [2.24, 2.45) is 0 Å². The third kappa shape index (κ3) is 4.90. The first-order valence-electron chi connectivity index (χ1n) is 13.9. The normalized spacial score (nSPS) is 20.0. The molecule has 7 heteroatoms. The summed E-state index contributed by atoms with van der Waals surface area (Å²) in [5.41, 5.74) is 5.55. The Morgan fingerprint density at radius 2 is 1.70 bits per heavy atom. The Morgan fingerprint density at radius 3 is 2.42 bits per heavy atom. The minimum absolute atomic E-state index is 0.0246. The van der Waals surface area contributed by atoms with Crippen LogP contribution in [0.5, 0.6) is 5.75 Å². The number of aromatic nitrogens is 2. The summed E-state index contributed by atoms with van der Waals surface area (Å²) in [7, 11) is 0. The molecule has 2 aliphatic rings. The van der Waals surface area contributed by atoms with Crippen LogP contribution in [0, 0.1) is 11.3 Å². The van der Waals surface area contributed by atoms with Crippen LogP contribution >= 0.6 is 0 Å². The average Bonchev–Trinajstić information content (AvgIpc) is 3.53. The van der Waals surface area contributed by atoms with Crippen LogP contribution in [-0.2, 0) is 24.1 Å². The Labute approximate surface area is 235 Å². The molecule has 1 aromatic heterocycles. The predicted molar refractivity (Wildman–Crippen MR) is 152 cm³/mol. The van der Waals surface area contributed by atoms with Gasteiger partial charge in [-0.2, -0.15) is 5.26 Å². The molecule has 0 N–H and O–H groups in total. The van der Waals surface area contributed by atoms with Crippen molar-refractivity contribution in [3.63, 3.8) is 0 Å². The summed E-state index contributed by atoms with van der Waals surface area (Å²) >= 11 is 0. The molecule has 2 heterocycles. The average molecular weight is 535 g/mol. The smallest absolute Gasteiger partial charge is 0.248 e. The van der Waals surface area contributed by atoms with Gasteiger partial charge in [0.25, 0.3) is 0 Å². The van der Waals surface area contributed by atoms with E-state index >= 15 is 0 Å². The number of nitrogens with zero attached hydrogens (tertiary/aromatic N) is 4. The van der Waals surface area contributed by atoms with E-state index in [0.717, 1.165) is 31.4 Å². The highest BCUT2D eigenvalue weighted by atomic mass is 16.5. The maximum Gasteiger partial charge on any atom is 0.248 e. The lowest BCUT2D eigenvalue weighted by atomic mass is 9.76. The Balaban J connectivity index is 1.27. The summed E-state index contributed by atoms with van der Waals surface area (Å²) in [6.45, 7) is 9.77. The third-order valence-corrected chi connectivity index (χ3v) is 8.07. The minimum atomic E-state index is -0.343. The first-order valence-corrected chi connectivity index (χ1v) is 13.9. The second-order valence-corrected chi connectivity index (χ2v) is 11.6. The van der Waals surface area contributed by atoms with Crippen molar-refractivity contribution in [1.82, 2.24) is 15.1 Å². The summed E-state index contributed by atoms with van der Waals surface area (Å²) in [4.78, 5) is 2.55. The van der Waals surface area contributed by atoms with Gasteiger partial charge < -0.3 is 13.9 Å². The largest absolute Gasteiger partial charge is 0.490 e. The lowest BCUT2D eigenvalue weighted by Gasteiger charge is -2.45. The van der Waals surface area contributed by atoms with E-state index in [2.05, 4.69) is 83.5 Å². The first-order chi connectivity index (χ1) is 19.3. The summed E-state index contributed by atoms with van der Waals surface area (Å²) < 4.78 is 18.3. The number of ether oxygens (including phenoxy) is 2. The number of benzene rings is 3. The molecule has 1 saturated heterocycles. The second kappa shape index (κ2) is 10.2. The van der Waals surface area contributed by atoms with Gasteiger partial charge in [-0.25, -0.2) is 0 Å². The zero-order chi connectivity index (χ0) is 27.9. The standard InChI is InChI=1S/C33H34N4O3/c1-22(2)39-29-13-12-26(17-28(29)19-34)31-36-35-30(40-31)25-11-10-24-14-15-33(18-27(24)16-25)21-38-32(3,4)37(33)20-23-8-6-5-7-9-23/h5-13,16-17,22H,14-15,18,20-21H2,1-4H3/t33-/m0/s1. The number of hydrogen-bond acceptors (Lipinski definition) is 7. The lowest BCUT2D eigenvalue weighted by molar-refractivity contribution is -0.0673. The van der Waals surface area contributed by atoms with Gasteiger partial charge in [0.2, 0.25) is 11.8 Å².